The Morgan fingerprint density at radius 1 is 1.03 bits per heavy atom. The Labute approximate surface area is 193 Å². The molecule has 2 aliphatic rings. The maximum Gasteiger partial charge on any atom is 0.407 e. The predicted molar refractivity (Wildman–Crippen MR) is 124 cm³/mol. The molecule has 2 aromatic rings. The van der Waals surface area contributed by atoms with E-state index in [0.29, 0.717) is 12.3 Å². The number of ether oxygens (including phenoxy) is 1. The van der Waals surface area contributed by atoms with E-state index in [4.69, 9.17) is 4.74 Å². The lowest BCUT2D eigenvalue weighted by molar-refractivity contribution is -0.146. The number of fused-ring (bicyclic) bond motifs is 3. The molecule has 2 aromatic carbocycles. The van der Waals surface area contributed by atoms with Crippen LogP contribution in [0.4, 0.5) is 4.79 Å². The molecule has 2 N–H and O–H groups in total. The fourth-order valence-electron chi connectivity index (χ4n) is 4.55. The van der Waals surface area contributed by atoms with Crippen molar-refractivity contribution in [2.75, 3.05) is 13.2 Å². The van der Waals surface area contributed by atoms with Gasteiger partial charge in [0.15, 0.2) is 0 Å². The summed E-state index contributed by atoms with van der Waals surface area (Å²) in [6.45, 7) is 3.29. The van der Waals surface area contributed by atoms with Gasteiger partial charge in [0.2, 0.25) is 5.91 Å². The smallest absolute Gasteiger partial charge is 0.407 e. The van der Waals surface area contributed by atoms with Crippen molar-refractivity contribution in [2.45, 2.75) is 51.1 Å². The number of carboxylic acid groups (broad SMARTS) is 1. The first-order chi connectivity index (χ1) is 15.8. The Morgan fingerprint density at radius 2 is 1.61 bits per heavy atom. The van der Waals surface area contributed by atoms with E-state index in [0.717, 1.165) is 35.1 Å². The molecule has 174 valence electrons. The molecule has 2 aliphatic carbocycles. The molecule has 0 aromatic heterocycles. The Balaban J connectivity index is 1.44. The van der Waals surface area contributed by atoms with E-state index >= 15 is 0 Å². The van der Waals surface area contributed by atoms with Crippen molar-refractivity contribution in [1.29, 1.82) is 0 Å². The van der Waals surface area contributed by atoms with E-state index in [1.54, 1.807) is 13.8 Å². The van der Waals surface area contributed by atoms with E-state index in [2.05, 4.69) is 17.4 Å². The van der Waals surface area contributed by atoms with Gasteiger partial charge in [-0.1, -0.05) is 61.4 Å². The van der Waals surface area contributed by atoms with Crippen molar-refractivity contribution < 1.29 is 24.2 Å². The van der Waals surface area contributed by atoms with Gasteiger partial charge in [0.05, 0.1) is 0 Å². The summed E-state index contributed by atoms with van der Waals surface area (Å²) in [7, 11) is 0. The number of aliphatic carboxylic acids is 1. The zero-order valence-corrected chi connectivity index (χ0v) is 19.0. The van der Waals surface area contributed by atoms with Crippen LogP contribution in [0.5, 0.6) is 0 Å². The molecule has 0 aliphatic heterocycles. The monoisotopic (exact) mass is 450 g/mol. The van der Waals surface area contributed by atoms with Crippen LogP contribution in [0.25, 0.3) is 11.1 Å². The number of nitrogens with one attached hydrogen (secondary N) is 1. The summed E-state index contributed by atoms with van der Waals surface area (Å²) in [6.07, 6.45) is 1.86. The number of hydrogen-bond acceptors (Lipinski definition) is 4. The van der Waals surface area contributed by atoms with Crippen molar-refractivity contribution in [3.8, 4) is 11.1 Å². The van der Waals surface area contributed by atoms with E-state index in [1.807, 2.05) is 36.4 Å². The van der Waals surface area contributed by atoms with E-state index in [9.17, 15) is 19.5 Å². The van der Waals surface area contributed by atoms with Gasteiger partial charge in [0.1, 0.15) is 19.2 Å². The van der Waals surface area contributed by atoms with Gasteiger partial charge in [-0.15, -0.1) is 0 Å². The molecule has 0 saturated heterocycles. The molecular formula is C26H30N2O5. The van der Waals surface area contributed by atoms with Gasteiger partial charge in [0, 0.05) is 12.0 Å². The maximum absolute atomic E-state index is 13.1. The molecule has 0 spiro atoms. The van der Waals surface area contributed by atoms with Crippen LogP contribution in [0.15, 0.2) is 48.5 Å². The number of carbonyl (C=O) groups excluding carboxylic acids is 2. The van der Waals surface area contributed by atoms with Crippen molar-refractivity contribution in [1.82, 2.24) is 10.2 Å². The van der Waals surface area contributed by atoms with Gasteiger partial charge < -0.3 is 20.1 Å². The summed E-state index contributed by atoms with van der Waals surface area (Å²) in [5.74, 6) is -1.16. The first-order valence-corrected chi connectivity index (χ1v) is 11.5. The van der Waals surface area contributed by atoms with Gasteiger partial charge in [-0.3, -0.25) is 9.59 Å². The number of nitrogens with zero attached hydrogens (tertiary/aromatic N) is 1. The Kier molecular flexibility index (Phi) is 6.67. The van der Waals surface area contributed by atoms with Gasteiger partial charge in [-0.2, -0.15) is 0 Å². The molecule has 0 bridgehead atoms. The van der Waals surface area contributed by atoms with Gasteiger partial charge in [-0.05, 0) is 48.4 Å². The van der Waals surface area contributed by atoms with Crippen LogP contribution in [-0.2, 0) is 14.3 Å². The molecule has 7 nitrogen and oxygen atoms in total. The van der Waals surface area contributed by atoms with E-state index in [-0.39, 0.29) is 24.5 Å². The van der Waals surface area contributed by atoms with Crippen LogP contribution < -0.4 is 5.32 Å². The number of alkyl carbamates (subject to hydrolysis) is 1. The third-order valence-electron chi connectivity index (χ3n) is 6.41. The maximum atomic E-state index is 13.1. The third-order valence-corrected chi connectivity index (χ3v) is 6.41. The molecule has 1 atom stereocenters. The lowest BCUT2D eigenvalue weighted by Crippen LogP contribution is -2.52. The summed E-state index contributed by atoms with van der Waals surface area (Å²) >= 11 is 0. The van der Waals surface area contributed by atoms with Crippen molar-refractivity contribution in [3.63, 3.8) is 0 Å². The normalized spacial score (nSPS) is 15.5. The predicted octanol–water partition coefficient (Wildman–Crippen LogP) is 4.02. The van der Waals surface area contributed by atoms with Crippen LogP contribution >= 0.6 is 0 Å². The third kappa shape index (κ3) is 5.18. The number of benzene rings is 2. The molecule has 0 heterocycles. The summed E-state index contributed by atoms with van der Waals surface area (Å²) < 4.78 is 5.61. The standard InChI is InChI=1S/C26H30N2O5/c1-16(2)28(14-24(29)30)25(31)23(13-17-11-12-17)27-26(32)33-15-22-20-9-5-3-7-18(20)19-8-4-6-10-21(19)22/h3-10,16-17,22-23H,11-15H2,1-2H3,(H,27,32)(H,29,30)/t23-/m0/s1. The van der Waals surface area contributed by atoms with Crippen molar-refractivity contribution >= 4 is 18.0 Å². The van der Waals surface area contributed by atoms with Crippen LogP contribution in [0, 0.1) is 5.92 Å². The molecule has 1 saturated carbocycles. The second-order valence-electron chi connectivity index (χ2n) is 9.16. The first-order valence-electron chi connectivity index (χ1n) is 11.5. The highest BCUT2D eigenvalue weighted by molar-refractivity contribution is 5.88. The molecule has 1 fully saturated rings. The average Bonchev–Trinajstić information content (AvgIpc) is 3.55. The minimum atomic E-state index is -1.08. The Hall–Kier alpha value is -3.35. The van der Waals surface area contributed by atoms with Crippen LogP contribution in [0.2, 0.25) is 0 Å². The summed E-state index contributed by atoms with van der Waals surface area (Å²) in [4.78, 5) is 38.4. The highest BCUT2D eigenvalue weighted by atomic mass is 16.5. The quantitative estimate of drug-likeness (QED) is 0.602. The van der Waals surface area contributed by atoms with E-state index < -0.39 is 24.6 Å². The number of amides is 2. The van der Waals surface area contributed by atoms with Crippen LogP contribution in [0.1, 0.15) is 50.2 Å². The Bertz CT molecular complexity index is 1000. The summed E-state index contributed by atoms with van der Waals surface area (Å²) in [5, 5.41) is 11.9. The van der Waals surface area contributed by atoms with Gasteiger partial charge in [-0.25, -0.2) is 4.79 Å². The fraction of sp³-hybridized carbons (Fsp3) is 0.423. The number of carbonyl (C=O) groups is 3. The minimum absolute atomic E-state index is 0.0695. The molecular weight excluding hydrogens is 420 g/mol. The first kappa shape index (κ1) is 22.8. The van der Waals surface area contributed by atoms with Crippen LogP contribution in [-0.4, -0.2) is 53.2 Å². The summed E-state index contributed by atoms with van der Waals surface area (Å²) in [5.41, 5.74) is 4.52. The molecule has 7 heteroatoms. The lowest BCUT2D eigenvalue weighted by atomic mass is 9.98. The highest BCUT2D eigenvalue weighted by Crippen LogP contribution is 2.44. The van der Waals surface area contributed by atoms with Crippen molar-refractivity contribution in [3.05, 3.63) is 59.7 Å². The molecule has 2 amide bonds. The number of rotatable bonds is 9. The molecule has 33 heavy (non-hydrogen) atoms. The number of carboxylic acids is 1. The second-order valence-corrected chi connectivity index (χ2v) is 9.16. The fourth-order valence-corrected chi connectivity index (χ4v) is 4.55. The van der Waals surface area contributed by atoms with Crippen molar-refractivity contribution in [2.24, 2.45) is 5.92 Å². The highest BCUT2D eigenvalue weighted by Gasteiger charge is 2.35. The minimum Gasteiger partial charge on any atom is -0.480 e. The SMILES string of the molecule is CC(C)N(CC(=O)O)C(=O)[C@H](CC1CC1)NC(=O)OCC1c2ccccc2-c2ccccc21. The second kappa shape index (κ2) is 9.65. The molecule has 0 unspecified atom stereocenters. The largest absolute Gasteiger partial charge is 0.480 e. The lowest BCUT2D eigenvalue weighted by Gasteiger charge is -2.29. The molecule has 0 radical (unpaired) electrons. The van der Waals surface area contributed by atoms with Gasteiger partial charge >= 0.3 is 12.1 Å². The summed E-state index contributed by atoms with van der Waals surface area (Å²) in [6, 6.07) is 15.1. The zero-order valence-electron chi connectivity index (χ0n) is 19.0. The van der Waals surface area contributed by atoms with Crippen LogP contribution in [0.3, 0.4) is 0 Å². The topological polar surface area (TPSA) is 95.9 Å². The van der Waals surface area contributed by atoms with Gasteiger partial charge in [0.25, 0.3) is 0 Å². The van der Waals surface area contributed by atoms with E-state index in [1.165, 1.54) is 4.90 Å². The molecule has 4 rings (SSSR count). The zero-order chi connectivity index (χ0) is 23.5. The average molecular weight is 451 g/mol. The number of hydrogen-bond donors (Lipinski definition) is 2. The Morgan fingerprint density at radius 3 is 2.12 bits per heavy atom.